The summed E-state index contributed by atoms with van der Waals surface area (Å²) in [6.07, 6.45) is 3.64. The molecule has 206 valence electrons. The van der Waals surface area contributed by atoms with Crippen LogP contribution in [-0.4, -0.2) is 50.9 Å². The van der Waals surface area contributed by atoms with E-state index in [0.717, 1.165) is 37.1 Å². The third-order valence-corrected chi connectivity index (χ3v) is 10.0. The largest absolute Gasteiger partial charge is 0.511 e. The standard InChI is InChI=1S/C26H27FN4O6S2/c1-13-9-14(3-7-18(13)27)12-31-23-16-5-4-15(10-16)21(23)24(32)22(26(31)33)25-28-19-8-6-17(29-38(2,34)35)11-20(19)39(36,37)30-25/h3,6-9,11,15-16,21,23,29,32H,4-5,10,12H2,1-2H3,(H,28,30)/t15-,16-,21-,23+/m1/s1. The number of carbonyl (C=O) groups excluding carboxylic acids is 1. The number of amides is 1. The van der Waals surface area contributed by atoms with E-state index in [1.807, 2.05) is 0 Å². The SMILES string of the molecule is Cc1cc(CN2C(=O)C(C3=NS(=O)(=O)c4cc(NS(C)(=O)=O)ccc4N3)=C(O)[C@@H]3[C@@H]4CC[C@H](C4)[C@@H]32)ccc1F. The monoisotopic (exact) mass is 574 g/mol. The molecule has 3 N–H and O–H groups in total. The molecule has 2 aromatic carbocycles. The van der Waals surface area contributed by atoms with Gasteiger partial charge in [-0.1, -0.05) is 12.1 Å². The fourth-order valence-electron chi connectivity index (χ4n) is 6.60. The van der Waals surface area contributed by atoms with E-state index in [-0.39, 0.29) is 69.6 Å². The van der Waals surface area contributed by atoms with Crippen LogP contribution in [0.15, 0.2) is 57.0 Å². The number of aliphatic hydroxyl groups excluding tert-OH is 1. The zero-order valence-electron chi connectivity index (χ0n) is 21.2. The molecule has 6 rings (SSSR count). The molecule has 2 heterocycles. The number of fused-ring (bicyclic) bond motifs is 6. The molecule has 4 aliphatic rings. The second-order valence-electron chi connectivity index (χ2n) is 10.8. The van der Waals surface area contributed by atoms with Crippen molar-refractivity contribution in [3.05, 3.63) is 64.7 Å². The van der Waals surface area contributed by atoms with Crippen molar-refractivity contribution in [2.24, 2.45) is 22.2 Å². The summed E-state index contributed by atoms with van der Waals surface area (Å²) in [6, 6.07) is 8.32. The van der Waals surface area contributed by atoms with Crippen LogP contribution in [0.3, 0.4) is 0 Å². The number of hydrogen-bond acceptors (Lipinski definition) is 7. The molecule has 4 atom stereocenters. The Labute approximate surface area is 225 Å². The zero-order valence-corrected chi connectivity index (χ0v) is 22.8. The van der Waals surface area contributed by atoms with Crippen LogP contribution in [0, 0.1) is 30.5 Å². The molecule has 10 nitrogen and oxygen atoms in total. The van der Waals surface area contributed by atoms with Gasteiger partial charge in [-0.2, -0.15) is 8.42 Å². The van der Waals surface area contributed by atoms with Gasteiger partial charge in [0.2, 0.25) is 10.0 Å². The molecule has 2 aromatic rings. The average molecular weight is 575 g/mol. The Balaban J connectivity index is 1.41. The summed E-state index contributed by atoms with van der Waals surface area (Å²) in [4.78, 5) is 15.4. The van der Waals surface area contributed by atoms with Crippen LogP contribution in [0.5, 0.6) is 0 Å². The molecule has 0 saturated heterocycles. The second kappa shape index (κ2) is 8.78. The highest BCUT2D eigenvalue weighted by Gasteiger charge is 2.57. The summed E-state index contributed by atoms with van der Waals surface area (Å²) >= 11 is 0. The number of anilines is 2. The lowest BCUT2D eigenvalue weighted by molar-refractivity contribution is -0.134. The Morgan fingerprint density at radius 1 is 1.18 bits per heavy atom. The minimum absolute atomic E-state index is 0.0432. The van der Waals surface area contributed by atoms with Gasteiger partial charge >= 0.3 is 0 Å². The molecule has 13 heteroatoms. The Kier molecular flexibility index (Phi) is 5.81. The van der Waals surface area contributed by atoms with E-state index in [0.29, 0.717) is 5.56 Å². The molecule has 2 fully saturated rings. The van der Waals surface area contributed by atoms with Gasteiger partial charge in [-0.3, -0.25) is 9.52 Å². The number of nitrogens with zero attached hydrogens (tertiary/aromatic N) is 2. The smallest absolute Gasteiger partial charge is 0.286 e. The average Bonchev–Trinajstić information content (AvgIpc) is 3.46. The Morgan fingerprint density at radius 2 is 1.92 bits per heavy atom. The lowest BCUT2D eigenvalue weighted by Crippen LogP contribution is -2.53. The summed E-state index contributed by atoms with van der Waals surface area (Å²) in [5.74, 6) is -1.34. The quantitative estimate of drug-likeness (QED) is 0.497. The number of benzene rings is 2. The van der Waals surface area contributed by atoms with Gasteiger partial charge in [-0.15, -0.1) is 4.40 Å². The van der Waals surface area contributed by atoms with Crippen molar-refractivity contribution in [3.63, 3.8) is 0 Å². The highest BCUT2D eigenvalue weighted by atomic mass is 32.2. The molecule has 0 spiro atoms. The van der Waals surface area contributed by atoms with Gasteiger partial charge in [0.15, 0.2) is 5.84 Å². The molecule has 39 heavy (non-hydrogen) atoms. The molecule has 2 bridgehead atoms. The number of hydrogen-bond donors (Lipinski definition) is 3. The van der Waals surface area contributed by atoms with E-state index < -0.39 is 26.0 Å². The molecular formula is C26H27FN4O6S2. The third-order valence-electron chi connectivity index (χ3n) is 8.12. The van der Waals surface area contributed by atoms with Crippen molar-refractivity contribution < 1.29 is 31.1 Å². The maximum absolute atomic E-state index is 14.0. The maximum Gasteiger partial charge on any atom is 0.286 e. The van der Waals surface area contributed by atoms with Crippen LogP contribution in [-0.2, 0) is 31.4 Å². The zero-order chi connectivity index (χ0) is 27.9. The van der Waals surface area contributed by atoms with Crippen molar-refractivity contribution >= 4 is 43.2 Å². The van der Waals surface area contributed by atoms with Gasteiger partial charge in [0.1, 0.15) is 22.0 Å². The Morgan fingerprint density at radius 3 is 2.64 bits per heavy atom. The molecule has 0 unspecified atom stereocenters. The van der Waals surface area contributed by atoms with Gasteiger partial charge in [-0.25, -0.2) is 12.8 Å². The summed E-state index contributed by atoms with van der Waals surface area (Å²) in [5.41, 5.74) is 1.12. The first-order chi connectivity index (χ1) is 18.3. The summed E-state index contributed by atoms with van der Waals surface area (Å²) in [5, 5.41) is 14.3. The summed E-state index contributed by atoms with van der Waals surface area (Å²) < 4.78 is 69.6. The number of aliphatic hydroxyl groups is 1. The highest BCUT2D eigenvalue weighted by Crippen LogP contribution is 2.55. The molecule has 0 radical (unpaired) electrons. The van der Waals surface area contributed by atoms with Gasteiger partial charge in [0, 0.05) is 24.2 Å². The van der Waals surface area contributed by atoms with E-state index >= 15 is 0 Å². The predicted octanol–water partition coefficient (Wildman–Crippen LogP) is 3.29. The number of amidine groups is 1. The molecule has 2 aliphatic heterocycles. The molecular weight excluding hydrogens is 547 g/mol. The normalized spacial score (nSPS) is 27.1. The van der Waals surface area contributed by atoms with Gasteiger partial charge in [0.25, 0.3) is 15.9 Å². The first kappa shape index (κ1) is 25.8. The van der Waals surface area contributed by atoms with E-state index in [2.05, 4.69) is 14.4 Å². The van der Waals surface area contributed by atoms with Gasteiger partial charge in [0.05, 0.1) is 11.9 Å². The van der Waals surface area contributed by atoms with Crippen LogP contribution >= 0.6 is 0 Å². The van der Waals surface area contributed by atoms with Crippen LogP contribution in [0.1, 0.15) is 30.4 Å². The van der Waals surface area contributed by atoms with Gasteiger partial charge in [-0.05, 0) is 73.4 Å². The number of sulfonamides is 2. The Hall–Kier alpha value is -3.45. The molecule has 0 aromatic heterocycles. The number of rotatable bonds is 5. The number of halogens is 1. The number of nitrogens with one attached hydrogen (secondary N) is 2. The van der Waals surface area contributed by atoms with Crippen LogP contribution < -0.4 is 10.0 Å². The first-order valence-corrected chi connectivity index (χ1v) is 15.9. The summed E-state index contributed by atoms with van der Waals surface area (Å²) in [7, 11) is -8.00. The first-order valence-electron chi connectivity index (χ1n) is 12.6. The van der Waals surface area contributed by atoms with Crippen molar-refractivity contribution in [2.45, 2.75) is 43.7 Å². The number of carbonyl (C=O) groups is 1. The number of aryl methyl sites for hydroxylation is 1. The van der Waals surface area contributed by atoms with E-state index in [9.17, 15) is 31.1 Å². The fourth-order valence-corrected chi connectivity index (χ4v) is 8.30. The van der Waals surface area contributed by atoms with Crippen molar-refractivity contribution in [2.75, 3.05) is 16.3 Å². The lowest BCUT2D eigenvalue weighted by Gasteiger charge is -2.44. The minimum atomic E-state index is -4.35. The maximum atomic E-state index is 14.0. The van der Waals surface area contributed by atoms with Gasteiger partial charge < -0.3 is 15.3 Å². The third kappa shape index (κ3) is 4.37. The predicted molar refractivity (Wildman–Crippen MR) is 143 cm³/mol. The van der Waals surface area contributed by atoms with Crippen molar-refractivity contribution in [1.29, 1.82) is 0 Å². The molecule has 2 aliphatic carbocycles. The van der Waals surface area contributed by atoms with Crippen LogP contribution in [0.4, 0.5) is 15.8 Å². The molecule has 1 amide bonds. The second-order valence-corrected chi connectivity index (χ2v) is 14.1. The molecule has 2 saturated carbocycles. The van der Waals surface area contributed by atoms with Crippen molar-refractivity contribution in [1.82, 2.24) is 4.90 Å². The van der Waals surface area contributed by atoms with E-state index in [1.54, 1.807) is 24.0 Å². The fraction of sp³-hybridized carbons (Fsp3) is 0.385. The Bertz CT molecular complexity index is 1700. The summed E-state index contributed by atoms with van der Waals surface area (Å²) in [6.45, 7) is 1.83. The van der Waals surface area contributed by atoms with E-state index in [4.69, 9.17) is 0 Å². The highest BCUT2D eigenvalue weighted by molar-refractivity contribution is 7.92. The lowest BCUT2D eigenvalue weighted by atomic mass is 9.77. The van der Waals surface area contributed by atoms with Crippen molar-refractivity contribution in [3.8, 4) is 0 Å². The minimum Gasteiger partial charge on any atom is -0.511 e. The van der Waals surface area contributed by atoms with Crippen LogP contribution in [0.25, 0.3) is 0 Å². The van der Waals surface area contributed by atoms with Crippen LogP contribution in [0.2, 0.25) is 0 Å². The topological polar surface area (TPSA) is 145 Å². The van der Waals surface area contributed by atoms with E-state index in [1.165, 1.54) is 18.2 Å².